The van der Waals surface area contributed by atoms with E-state index in [2.05, 4.69) is 48.8 Å². The zero-order valence-corrected chi connectivity index (χ0v) is 12.3. The van der Waals surface area contributed by atoms with Gasteiger partial charge in [-0.2, -0.15) is 5.10 Å². The SMILES string of the molecule is CCCn1nc(C)c(-c2ccccc2C(C)N)c1C. The van der Waals surface area contributed by atoms with Crippen molar-refractivity contribution in [3.8, 4) is 11.1 Å². The molecule has 1 atom stereocenters. The van der Waals surface area contributed by atoms with E-state index in [9.17, 15) is 0 Å². The van der Waals surface area contributed by atoms with Gasteiger partial charge >= 0.3 is 0 Å². The summed E-state index contributed by atoms with van der Waals surface area (Å²) in [4.78, 5) is 0. The Morgan fingerprint density at radius 1 is 1.26 bits per heavy atom. The molecule has 0 radical (unpaired) electrons. The van der Waals surface area contributed by atoms with E-state index in [1.165, 1.54) is 22.4 Å². The Morgan fingerprint density at radius 2 is 1.95 bits per heavy atom. The summed E-state index contributed by atoms with van der Waals surface area (Å²) >= 11 is 0. The van der Waals surface area contributed by atoms with Crippen LogP contribution < -0.4 is 5.73 Å². The summed E-state index contributed by atoms with van der Waals surface area (Å²) in [5.74, 6) is 0. The van der Waals surface area contributed by atoms with Gasteiger partial charge in [-0.25, -0.2) is 0 Å². The fourth-order valence-electron chi connectivity index (χ4n) is 2.64. The van der Waals surface area contributed by atoms with E-state index in [4.69, 9.17) is 5.73 Å². The Labute approximate surface area is 115 Å². The van der Waals surface area contributed by atoms with E-state index in [1.54, 1.807) is 0 Å². The Bertz CT molecular complexity index is 567. The van der Waals surface area contributed by atoms with Crippen molar-refractivity contribution in [1.29, 1.82) is 0 Å². The molecule has 0 saturated heterocycles. The van der Waals surface area contributed by atoms with Crippen molar-refractivity contribution in [3.05, 3.63) is 41.2 Å². The molecule has 0 saturated carbocycles. The standard InChI is InChI=1S/C16H23N3/c1-5-10-19-13(4)16(12(3)18-19)15-9-7-6-8-14(15)11(2)17/h6-9,11H,5,10,17H2,1-4H3. The van der Waals surface area contributed by atoms with Gasteiger partial charge in [0.1, 0.15) is 0 Å². The van der Waals surface area contributed by atoms with E-state index < -0.39 is 0 Å². The highest BCUT2D eigenvalue weighted by Gasteiger charge is 2.16. The summed E-state index contributed by atoms with van der Waals surface area (Å²) in [7, 11) is 0. The first kappa shape index (κ1) is 13.8. The average molecular weight is 257 g/mol. The molecule has 1 unspecified atom stereocenters. The van der Waals surface area contributed by atoms with Crippen molar-refractivity contribution in [2.75, 3.05) is 0 Å². The molecule has 0 aliphatic carbocycles. The zero-order valence-electron chi connectivity index (χ0n) is 12.3. The normalized spacial score (nSPS) is 12.7. The molecule has 0 aliphatic heterocycles. The van der Waals surface area contributed by atoms with Crippen LogP contribution in [-0.2, 0) is 6.54 Å². The average Bonchev–Trinajstić information content (AvgIpc) is 2.65. The molecule has 1 aromatic heterocycles. The van der Waals surface area contributed by atoms with Gasteiger partial charge in [-0.15, -0.1) is 0 Å². The number of nitrogens with two attached hydrogens (primary N) is 1. The third-order valence-corrected chi connectivity index (χ3v) is 3.54. The van der Waals surface area contributed by atoms with E-state index in [0.29, 0.717) is 0 Å². The molecule has 0 bridgehead atoms. The number of hydrogen-bond donors (Lipinski definition) is 1. The number of rotatable bonds is 4. The largest absolute Gasteiger partial charge is 0.324 e. The fraction of sp³-hybridized carbons (Fsp3) is 0.438. The zero-order chi connectivity index (χ0) is 14.0. The van der Waals surface area contributed by atoms with Gasteiger partial charge in [-0.3, -0.25) is 4.68 Å². The Balaban J connectivity index is 2.59. The van der Waals surface area contributed by atoms with Gasteiger partial charge in [-0.05, 0) is 38.3 Å². The maximum Gasteiger partial charge on any atom is 0.0675 e. The monoisotopic (exact) mass is 257 g/mol. The number of benzene rings is 1. The highest BCUT2D eigenvalue weighted by Crippen LogP contribution is 2.32. The fourth-order valence-corrected chi connectivity index (χ4v) is 2.64. The number of nitrogens with zero attached hydrogens (tertiary/aromatic N) is 2. The van der Waals surface area contributed by atoms with Crippen molar-refractivity contribution in [2.45, 2.75) is 46.7 Å². The molecule has 2 rings (SSSR count). The lowest BCUT2D eigenvalue weighted by molar-refractivity contribution is 0.583. The molecule has 0 aliphatic rings. The highest BCUT2D eigenvalue weighted by atomic mass is 15.3. The first-order valence-electron chi connectivity index (χ1n) is 6.95. The van der Waals surface area contributed by atoms with Gasteiger partial charge in [0.15, 0.2) is 0 Å². The van der Waals surface area contributed by atoms with Crippen LogP contribution in [0.1, 0.15) is 43.3 Å². The van der Waals surface area contributed by atoms with Gasteiger partial charge in [0.25, 0.3) is 0 Å². The van der Waals surface area contributed by atoms with Gasteiger partial charge in [0.05, 0.1) is 5.69 Å². The number of aromatic nitrogens is 2. The van der Waals surface area contributed by atoms with E-state index in [-0.39, 0.29) is 6.04 Å². The van der Waals surface area contributed by atoms with Crippen LogP contribution >= 0.6 is 0 Å². The Hall–Kier alpha value is -1.61. The second kappa shape index (κ2) is 5.57. The minimum Gasteiger partial charge on any atom is -0.324 e. The molecule has 0 amide bonds. The van der Waals surface area contributed by atoms with Crippen LogP contribution in [0.4, 0.5) is 0 Å². The quantitative estimate of drug-likeness (QED) is 0.909. The highest BCUT2D eigenvalue weighted by molar-refractivity contribution is 5.72. The predicted octanol–water partition coefficient (Wildman–Crippen LogP) is 3.60. The second-order valence-electron chi connectivity index (χ2n) is 5.14. The van der Waals surface area contributed by atoms with Crippen LogP contribution in [0.2, 0.25) is 0 Å². The van der Waals surface area contributed by atoms with E-state index >= 15 is 0 Å². The molecule has 0 spiro atoms. The van der Waals surface area contributed by atoms with Crippen molar-refractivity contribution in [1.82, 2.24) is 9.78 Å². The molecule has 1 aromatic carbocycles. The smallest absolute Gasteiger partial charge is 0.0675 e. The Kier molecular flexibility index (Phi) is 4.05. The van der Waals surface area contributed by atoms with E-state index in [0.717, 1.165) is 18.7 Å². The summed E-state index contributed by atoms with van der Waals surface area (Å²) < 4.78 is 2.10. The van der Waals surface area contributed by atoms with Crippen molar-refractivity contribution in [3.63, 3.8) is 0 Å². The van der Waals surface area contributed by atoms with Gasteiger partial charge < -0.3 is 5.73 Å². The van der Waals surface area contributed by atoms with Gasteiger partial charge in [-0.1, -0.05) is 31.2 Å². The molecular formula is C16H23N3. The first-order chi connectivity index (χ1) is 9.06. The van der Waals surface area contributed by atoms with Crippen molar-refractivity contribution in [2.24, 2.45) is 5.73 Å². The predicted molar refractivity (Wildman–Crippen MR) is 80.0 cm³/mol. The topological polar surface area (TPSA) is 43.8 Å². The maximum absolute atomic E-state index is 6.09. The lowest BCUT2D eigenvalue weighted by Crippen LogP contribution is -2.07. The number of hydrogen-bond acceptors (Lipinski definition) is 2. The number of aryl methyl sites for hydroxylation is 2. The first-order valence-corrected chi connectivity index (χ1v) is 6.95. The molecule has 1 heterocycles. The van der Waals surface area contributed by atoms with E-state index in [1.807, 2.05) is 13.0 Å². The molecule has 2 aromatic rings. The van der Waals surface area contributed by atoms with Crippen molar-refractivity contribution < 1.29 is 0 Å². The van der Waals surface area contributed by atoms with Crippen molar-refractivity contribution >= 4 is 0 Å². The summed E-state index contributed by atoms with van der Waals surface area (Å²) in [6.07, 6.45) is 1.09. The second-order valence-corrected chi connectivity index (χ2v) is 5.14. The Morgan fingerprint density at radius 3 is 2.58 bits per heavy atom. The molecule has 102 valence electrons. The molecule has 3 nitrogen and oxygen atoms in total. The minimum absolute atomic E-state index is 0.0320. The molecule has 0 fully saturated rings. The summed E-state index contributed by atoms with van der Waals surface area (Å²) in [6, 6.07) is 8.40. The summed E-state index contributed by atoms with van der Waals surface area (Å²) in [6.45, 7) is 9.38. The minimum atomic E-state index is 0.0320. The van der Waals surface area contributed by atoms with Crippen LogP contribution in [0.15, 0.2) is 24.3 Å². The lowest BCUT2D eigenvalue weighted by atomic mass is 9.95. The lowest BCUT2D eigenvalue weighted by Gasteiger charge is -2.13. The summed E-state index contributed by atoms with van der Waals surface area (Å²) in [5, 5.41) is 4.65. The molecule has 2 N–H and O–H groups in total. The van der Waals surface area contributed by atoms with Crippen LogP contribution in [0.5, 0.6) is 0 Å². The van der Waals surface area contributed by atoms with Crippen LogP contribution in [0.3, 0.4) is 0 Å². The van der Waals surface area contributed by atoms with Gasteiger partial charge in [0.2, 0.25) is 0 Å². The van der Waals surface area contributed by atoms with Crippen LogP contribution in [0.25, 0.3) is 11.1 Å². The van der Waals surface area contributed by atoms with Crippen LogP contribution in [-0.4, -0.2) is 9.78 Å². The molecule has 3 heteroatoms. The van der Waals surface area contributed by atoms with Gasteiger partial charge in [0, 0.05) is 23.8 Å². The third-order valence-electron chi connectivity index (χ3n) is 3.54. The summed E-state index contributed by atoms with van der Waals surface area (Å²) in [5.41, 5.74) is 12.0. The maximum atomic E-state index is 6.09. The molecular weight excluding hydrogens is 234 g/mol. The van der Waals surface area contributed by atoms with Crippen LogP contribution in [0, 0.1) is 13.8 Å². The molecule has 19 heavy (non-hydrogen) atoms. The third kappa shape index (κ3) is 2.56.